The maximum absolute atomic E-state index is 5.27. The second-order valence-electron chi connectivity index (χ2n) is 4.30. The van der Waals surface area contributed by atoms with Crippen LogP contribution in [0.25, 0.3) is 0 Å². The lowest BCUT2D eigenvalue weighted by atomic mass is 10.2. The summed E-state index contributed by atoms with van der Waals surface area (Å²) in [6.07, 6.45) is 4.23. The van der Waals surface area contributed by atoms with Crippen LogP contribution in [0.15, 0.2) is 29.0 Å². The predicted octanol–water partition coefficient (Wildman–Crippen LogP) is 1.77. The standard InChI is InChI=1S/C13H18N4O/c1-3-14-8-10(2)13-16-12(17-18-13)7-11-5-4-6-15-9-11/h4-6,9-10,14H,3,7-8H2,1-2H3. The molecule has 0 radical (unpaired) electrons. The number of aromatic nitrogens is 3. The molecule has 0 saturated carbocycles. The highest BCUT2D eigenvalue weighted by Gasteiger charge is 2.13. The Morgan fingerprint density at radius 2 is 2.33 bits per heavy atom. The third-order valence-electron chi connectivity index (χ3n) is 2.69. The van der Waals surface area contributed by atoms with Crippen LogP contribution in [0.1, 0.15) is 37.0 Å². The molecular weight excluding hydrogens is 228 g/mol. The molecule has 1 unspecified atom stereocenters. The fraction of sp³-hybridized carbons (Fsp3) is 0.462. The average molecular weight is 246 g/mol. The summed E-state index contributed by atoms with van der Waals surface area (Å²) in [6.45, 7) is 5.95. The van der Waals surface area contributed by atoms with Gasteiger partial charge in [0.25, 0.3) is 0 Å². The molecule has 96 valence electrons. The molecule has 0 aliphatic carbocycles. The third-order valence-corrected chi connectivity index (χ3v) is 2.69. The van der Waals surface area contributed by atoms with Crippen molar-refractivity contribution < 1.29 is 4.52 Å². The average Bonchev–Trinajstić information content (AvgIpc) is 2.86. The van der Waals surface area contributed by atoms with Crippen molar-refractivity contribution in [3.63, 3.8) is 0 Å². The topological polar surface area (TPSA) is 63.8 Å². The lowest BCUT2D eigenvalue weighted by molar-refractivity contribution is 0.352. The zero-order chi connectivity index (χ0) is 12.8. The Labute approximate surface area is 107 Å². The van der Waals surface area contributed by atoms with Gasteiger partial charge in [0.1, 0.15) is 0 Å². The third kappa shape index (κ3) is 3.37. The number of nitrogens with zero attached hydrogens (tertiary/aromatic N) is 3. The van der Waals surface area contributed by atoms with Crippen LogP contribution >= 0.6 is 0 Å². The van der Waals surface area contributed by atoms with Gasteiger partial charge in [-0.2, -0.15) is 4.98 Å². The van der Waals surface area contributed by atoms with Gasteiger partial charge in [-0.05, 0) is 18.2 Å². The van der Waals surface area contributed by atoms with Crippen molar-refractivity contribution in [2.45, 2.75) is 26.2 Å². The van der Waals surface area contributed by atoms with E-state index in [0.29, 0.717) is 18.1 Å². The Morgan fingerprint density at radius 1 is 1.44 bits per heavy atom. The van der Waals surface area contributed by atoms with Crippen LogP contribution in [-0.2, 0) is 6.42 Å². The number of nitrogens with one attached hydrogen (secondary N) is 1. The molecule has 0 amide bonds. The van der Waals surface area contributed by atoms with Crippen LogP contribution in [0.5, 0.6) is 0 Å². The molecule has 5 heteroatoms. The predicted molar refractivity (Wildman–Crippen MR) is 68.3 cm³/mol. The quantitative estimate of drug-likeness (QED) is 0.841. The molecule has 2 aromatic rings. The van der Waals surface area contributed by atoms with Crippen molar-refractivity contribution in [2.75, 3.05) is 13.1 Å². The molecule has 2 rings (SSSR count). The van der Waals surface area contributed by atoms with Gasteiger partial charge in [-0.1, -0.05) is 25.1 Å². The first-order chi connectivity index (χ1) is 8.79. The zero-order valence-electron chi connectivity index (χ0n) is 10.8. The highest BCUT2D eigenvalue weighted by Crippen LogP contribution is 2.13. The zero-order valence-corrected chi connectivity index (χ0v) is 10.8. The number of rotatable bonds is 6. The molecule has 18 heavy (non-hydrogen) atoms. The van der Waals surface area contributed by atoms with E-state index in [9.17, 15) is 0 Å². The van der Waals surface area contributed by atoms with Gasteiger partial charge in [0.05, 0.1) is 0 Å². The Morgan fingerprint density at radius 3 is 3.06 bits per heavy atom. The molecule has 0 saturated heterocycles. The van der Waals surface area contributed by atoms with Gasteiger partial charge in [-0.15, -0.1) is 0 Å². The van der Waals surface area contributed by atoms with Crippen molar-refractivity contribution in [3.05, 3.63) is 41.8 Å². The molecule has 0 aliphatic heterocycles. The molecule has 0 fully saturated rings. The fourth-order valence-electron chi connectivity index (χ4n) is 1.67. The maximum atomic E-state index is 5.27. The van der Waals surface area contributed by atoms with Gasteiger partial charge in [0, 0.05) is 31.3 Å². The Balaban J connectivity index is 1.98. The molecule has 0 spiro atoms. The van der Waals surface area contributed by atoms with Crippen LogP contribution in [0.3, 0.4) is 0 Å². The van der Waals surface area contributed by atoms with E-state index in [4.69, 9.17) is 4.52 Å². The smallest absolute Gasteiger partial charge is 0.230 e. The van der Waals surface area contributed by atoms with Crippen LogP contribution in [-0.4, -0.2) is 28.2 Å². The first-order valence-electron chi connectivity index (χ1n) is 6.21. The second-order valence-corrected chi connectivity index (χ2v) is 4.30. The summed E-state index contributed by atoms with van der Waals surface area (Å²) in [5.74, 6) is 1.64. The first kappa shape index (κ1) is 12.7. The largest absolute Gasteiger partial charge is 0.339 e. The minimum absolute atomic E-state index is 0.236. The highest BCUT2D eigenvalue weighted by molar-refractivity contribution is 5.13. The normalized spacial score (nSPS) is 12.6. The van der Waals surface area contributed by atoms with Gasteiger partial charge in [0.15, 0.2) is 5.82 Å². The molecule has 1 N–H and O–H groups in total. The van der Waals surface area contributed by atoms with Gasteiger partial charge < -0.3 is 9.84 Å². The van der Waals surface area contributed by atoms with Crippen LogP contribution in [0, 0.1) is 0 Å². The first-order valence-corrected chi connectivity index (χ1v) is 6.21. The van der Waals surface area contributed by atoms with E-state index in [0.717, 1.165) is 18.7 Å². The fourth-order valence-corrected chi connectivity index (χ4v) is 1.67. The molecular formula is C13H18N4O. The maximum Gasteiger partial charge on any atom is 0.230 e. The minimum atomic E-state index is 0.236. The van der Waals surface area contributed by atoms with E-state index in [-0.39, 0.29) is 5.92 Å². The Bertz CT molecular complexity index is 469. The van der Waals surface area contributed by atoms with Crippen LogP contribution in [0.2, 0.25) is 0 Å². The minimum Gasteiger partial charge on any atom is -0.339 e. The van der Waals surface area contributed by atoms with Crippen molar-refractivity contribution in [2.24, 2.45) is 0 Å². The monoisotopic (exact) mass is 246 g/mol. The van der Waals surface area contributed by atoms with E-state index in [1.165, 1.54) is 0 Å². The summed E-state index contributed by atoms with van der Waals surface area (Å²) in [7, 11) is 0. The van der Waals surface area contributed by atoms with E-state index in [1.807, 2.05) is 18.3 Å². The van der Waals surface area contributed by atoms with Crippen LogP contribution in [0.4, 0.5) is 0 Å². The van der Waals surface area contributed by atoms with Gasteiger partial charge >= 0.3 is 0 Å². The summed E-state index contributed by atoms with van der Waals surface area (Å²) in [4.78, 5) is 8.48. The second kappa shape index (κ2) is 6.26. The van der Waals surface area contributed by atoms with Crippen molar-refractivity contribution in [1.82, 2.24) is 20.4 Å². The van der Waals surface area contributed by atoms with Crippen LogP contribution < -0.4 is 5.32 Å². The number of hydrogen-bond donors (Lipinski definition) is 1. The van der Waals surface area contributed by atoms with Crippen molar-refractivity contribution in [1.29, 1.82) is 0 Å². The van der Waals surface area contributed by atoms with E-state index >= 15 is 0 Å². The van der Waals surface area contributed by atoms with Gasteiger partial charge in [-0.3, -0.25) is 4.98 Å². The summed E-state index contributed by atoms with van der Waals surface area (Å²) in [6, 6.07) is 3.91. The Kier molecular flexibility index (Phi) is 4.41. The van der Waals surface area contributed by atoms with Gasteiger partial charge in [0.2, 0.25) is 5.89 Å². The molecule has 0 aromatic carbocycles. The molecule has 2 aromatic heterocycles. The lowest BCUT2D eigenvalue weighted by Crippen LogP contribution is -2.19. The molecule has 5 nitrogen and oxygen atoms in total. The number of pyridine rings is 1. The lowest BCUT2D eigenvalue weighted by Gasteiger charge is -2.05. The SMILES string of the molecule is CCNCC(C)c1nc(Cc2cccnc2)no1. The van der Waals surface area contributed by atoms with E-state index in [2.05, 4.69) is 34.3 Å². The molecule has 1 atom stereocenters. The van der Waals surface area contributed by atoms with Crippen molar-refractivity contribution in [3.8, 4) is 0 Å². The molecule has 2 heterocycles. The number of hydrogen-bond acceptors (Lipinski definition) is 5. The molecule has 0 aliphatic rings. The number of likely N-dealkylation sites (N-methyl/N-ethyl adjacent to an activating group) is 1. The summed E-state index contributed by atoms with van der Waals surface area (Å²) in [5, 5.41) is 7.27. The van der Waals surface area contributed by atoms with Gasteiger partial charge in [-0.25, -0.2) is 0 Å². The van der Waals surface area contributed by atoms with E-state index < -0.39 is 0 Å². The molecule has 0 bridgehead atoms. The highest BCUT2D eigenvalue weighted by atomic mass is 16.5. The summed E-state index contributed by atoms with van der Waals surface area (Å²) in [5.41, 5.74) is 1.09. The van der Waals surface area contributed by atoms with Crippen molar-refractivity contribution >= 4 is 0 Å². The Hall–Kier alpha value is -1.75. The summed E-state index contributed by atoms with van der Waals surface area (Å²) < 4.78 is 5.27. The van der Waals surface area contributed by atoms with E-state index in [1.54, 1.807) is 6.20 Å². The summed E-state index contributed by atoms with van der Waals surface area (Å²) >= 11 is 0.